The Bertz CT molecular complexity index is 1420. The van der Waals surface area contributed by atoms with Crippen LogP contribution >= 0.6 is 0 Å². The summed E-state index contributed by atoms with van der Waals surface area (Å²) in [5.41, 5.74) is 2.86. The molecular weight excluding hydrogens is 434 g/mol. The van der Waals surface area contributed by atoms with Crippen molar-refractivity contribution in [3.63, 3.8) is 0 Å². The molecule has 6 heteroatoms. The zero-order valence-corrected chi connectivity index (χ0v) is 19.6. The molecule has 1 aromatic heterocycles. The number of ketones is 1. The Hall–Kier alpha value is -3.51. The van der Waals surface area contributed by atoms with E-state index in [9.17, 15) is 13.2 Å². The molecule has 0 unspecified atom stereocenters. The number of carbonyl (C=O) groups excluding carboxylic acids is 1. The molecule has 0 atom stereocenters. The van der Waals surface area contributed by atoms with Gasteiger partial charge in [-0.2, -0.15) is 0 Å². The lowest BCUT2D eigenvalue weighted by Crippen LogP contribution is -2.13. The van der Waals surface area contributed by atoms with E-state index < -0.39 is 15.6 Å². The van der Waals surface area contributed by atoms with E-state index in [1.165, 1.54) is 6.20 Å². The van der Waals surface area contributed by atoms with Gasteiger partial charge in [-0.1, -0.05) is 30.7 Å². The molecule has 0 fully saturated rings. The number of nitrogens with zero attached hydrogens (tertiary/aromatic N) is 1. The number of rotatable bonds is 7. The van der Waals surface area contributed by atoms with Crippen LogP contribution in [0.2, 0.25) is 0 Å². The third-order valence-electron chi connectivity index (χ3n) is 5.56. The maximum Gasteiger partial charge on any atom is 0.208 e. The first-order valence-electron chi connectivity index (χ1n) is 10.9. The van der Waals surface area contributed by atoms with Crippen LogP contribution in [0, 0.1) is 6.92 Å². The van der Waals surface area contributed by atoms with Gasteiger partial charge in [0.2, 0.25) is 9.84 Å². The second-order valence-electron chi connectivity index (χ2n) is 7.81. The van der Waals surface area contributed by atoms with Crippen molar-refractivity contribution in [1.29, 1.82) is 0 Å². The molecule has 4 rings (SSSR count). The molecule has 0 spiro atoms. The highest BCUT2D eigenvalue weighted by Gasteiger charge is 2.28. The highest BCUT2D eigenvalue weighted by Crippen LogP contribution is 2.33. The SMILES string of the molecule is CCOc1ccc(C(=O)c2cnc3ccc(C)cc3c2S(=O)(=O)c2ccc(CC)cc2)cc1. The van der Waals surface area contributed by atoms with Gasteiger partial charge in [0.15, 0.2) is 5.78 Å². The third kappa shape index (κ3) is 4.39. The van der Waals surface area contributed by atoms with Crippen LogP contribution in [-0.4, -0.2) is 25.8 Å². The predicted octanol–water partition coefficient (Wildman–Crippen LogP) is 5.57. The molecule has 168 valence electrons. The van der Waals surface area contributed by atoms with Crippen LogP contribution in [0.5, 0.6) is 5.75 Å². The van der Waals surface area contributed by atoms with E-state index in [1.807, 2.05) is 26.8 Å². The molecule has 0 aliphatic heterocycles. The van der Waals surface area contributed by atoms with Gasteiger partial charge in [-0.25, -0.2) is 8.42 Å². The summed E-state index contributed by atoms with van der Waals surface area (Å²) in [5, 5.41) is 0.436. The fourth-order valence-corrected chi connectivity index (χ4v) is 5.40. The van der Waals surface area contributed by atoms with Gasteiger partial charge in [0.25, 0.3) is 0 Å². The lowest BCUT2D eigenvalue weighted by molar-refractivity contribution is 0.103. The molecule has 5 nitrogen and oxygen atoms in total. The molecule has 0 aliphatic rings. The fraction of sp³-hybridized carbons (Fsp3) is 0.185. The van der Waals surface area contributed by atoms with Crippen molar-refractivity contribution in [3.05, 3.63) is 95.2 Å². The highest BCUT2D eigenvalue weighted by molar-refractivity contribution is 7.91. The van der Waals surface area contributed by atoms with Crippen molar-refractivity contribution in [2.24, 2.45) is 0 Å². The van der Waals surface area contributed by atoms with Crippen LogP contribution in [-0.2, 0) is 16.3 Å². The molecule has 3 aromatic carbocycles. The van der Waals surface area contributed by atoms with E-state index in [4.69, 9.17) is 4.74 Å². The summed E-state index contributed by atoms with van der Waals surface area (Å²) in [6.07, 6.45) is 2.17. The van der Waals surface area contributed by atoms with Gasteiger partial charge in [-0.3, -0.25) is 9.78 Å². The number of hydrogen-bond acceptors (Lipinski definition) is 5. The van der Waals surface area contributed by atoms with Crippen molar-refractivity contribution in [2.45, 2.75) is 37.0 Å². The zero-order valence-electron chi connectivity index (χ0n) is 18.8. The lowest BCUT2D eigenvalue weighted by Gasteiger charge is -2.14. The summed E-state index contributed by atoms with van der Waals surface area (Å²) in [6, 6.07) is 18.9. The summed E-state index contributed by atoms with van der Waals surface area (Å²) in [4.78, 5) is 18.0. The third-order valence-corrected chi connectivity index (χ3v) is 7.43. The van der Waals surface area contributed by atoms with Gasteiger partial charge in [0.1, 0.15) is 5.75 Å². The van der Waals surface area contributed by atoms with Crippen LogP contribution in [0.1, 0.15) is 40.9 Å². The van der Waals surface area contributed by atoms with E-state index in [1.54, 1.807) is 60.7 Å². The number of aryl methyl sites for hydroxylation is 2. The minimum atomic E-state index is -3.99. The summed E-state index contributed by atoms with van der Waals surface area (Å²) >= 11 is 0. The molecule has 0 N–H and O–H groups in total. The van der Waals surface area contributed by atoms with Crippen LogP contribution in [0.3, 0.4) is 0 Å². The van der Waals surface area contributed by atoms with Crippen LogP contribution in [0.4, 0.5) is 0 Å². The average Bonchev–Trinajstić information content (AvgIpc) is 2.83. The standard InChI is InChI=1S/C27H25NO4S/c1-4-19-7-13-22(14-8-19)33(30,31)27-23-16-18(3)6-15-25(23)28-17-24(27)26(29)20-9-11-21(12-10-20)32-5-2/h6-17H,4-5H2,1-3H3. The molecule has 0 radical (unpaired) electrons. The second-order valence-corrected chi connectivity index (χ2v) is 9.70. The highest BCUT2D eigenvalue weighted by atomic mass is 32.2. The number of carbonyl (C=O) groups is 1. The zero-order chi connectivity index (χ0) is 23.6. The van der Waals surface area contributed by atoms with Crippen molar-refractivity contribution in [3.8, 4) is 5.75 Å². The smallest absolute Gasteiger partial charge is 0.208 e. The number of pyridine rings is 1. The monoisotopic (exact) mass is 459 g/mol. The number of fused-ring (bicyclic) bond motifs is 1. The molecule has 1 heterocycles. The molecular formula is C27H25NO4S. The minimum absolute atomic E-state index is 0.0145. The molecule has 4 aromatic rings. The Morgan fingerprint density at radius 2 is 1.64 bits per heavy atom. The molecule has 0 bridgehead atoms. The normalized spacial score (nSPS) is 11.5. The van der Waals surface area contributed by atoms with E-state index >= 15 is 0 Å². The molecule has 0 saturated heterocycles. The van der Waals surface area contributed by atoms with E-state index in [0.717, 1.165) is 17.5 Å². The maximum absolute atomic E-state index is 13.9. The van der Waals surface area contributed by atoms with Gasteiger partial charge in [-0.15, -0.1) is 0 Å². The van der Waals surface area contributed by atoms with E-state index in [2.05, 4.69) is 4.98 Å². The van der Waals surface area contributed by atoms with Crippen molar-refractivity contribution < 1.29 is 17.9 Å². The quantitative estimate of drug-likeness (QED) is 0.338. The van der Waals surface area contributed by atoms with Crippen molar-refractivity contribution >= 4 is 26.5 Å². The largest absolute Gasteiger partial charge is 0.494 e. The van der Waals surface area contributed by atoms with Gasteiger partial charge >= 0.3 is 0 Å². The second kappa shape index (κ2) is 9.16. The van der Waals surface area contributed by atoms with Crippen LogP contribution in [0.25, 0.3) is 10.9 Å². The number of hydrogen-bond donors (Lipinski definition) is 0. The van der Waals surface area contributed by atoms with Crippen molar-refractivity contribution in [1.82, 2.24) is 4.98 Å². The summed E-state index contributed by atoms with van der Waals surface area (Å²) in [7, 11) is -3.99. The van der Waals surface area contributed by atoms with Crippen LogP contribution < -0.4 is 4.74 Å². The Kier molecular flexibility index (Phi) is 6.29. The van der Waals surface area contributed by atoms with Gasteiger partial charge < -0.3 is 4.74 Å². The summed E-state index contributed by atoms with van der Waals surface area (Å²) in [6.45, 7) is 6.29. The van der Waals surface area contributed by atoms with Gasteiger partial charge in [-0.05, 0) is 74.4 Å². The van der Waals surface area contributed by atoms with Gasteiger partial charge in [0, 0.05) is 17.1 Å². The Morgan fingerprint density at radius 1 is 0.939 bits per heavy atom. The number of sulfone groups is 1. The van der Waals surface area contributed by atoms with E-state index in [-0.39, 0.29) is 15.4 Å². The first-order valence-corrected chi connectivity index (χ1v) is 12.3. The molecule has 0 amide bonds. The Balaban J connectivity index is 1.93. The molecule has 0 saturated carbocycles. The Labute approximate surface area is 194 Å². The molecule has 33 heavy (non-hydrogen) atoms. The maximum atomic E-state index is 13.9. The number of benzene rings is 3. The van der Waals surface area contributed by atoms with Crippen molar-refractivity contribution in [2.75, 3.05) is 6.61 Å². The summed E-state index contributed by atoms with van der Waals surface area (Å²) in [5.74, 6) is 0.239. The lowest BCUT2D eigenvalue weighted by atomic mass is 10.0. The number of aromatic nitrogens is 1. The predicted molar refractivity (Wildman–Crippen MR) is 129 cm³/mol. The first kappa shape index (κ1) is 22.7. The molecule has 0 aliphatic carbocycles. The van der Waals surface area contributed by atoms with Crippen LogP contribution in [0.15, 0.2) is 82.7 Å². The summed E-state index contributed by atoms with van der Waals surface area (Å²) < 4.78 is 33.2. The topological polar surface area (TPSA) is 73.3 Å². The number of ether oxygens (including phenoxy) is 1. The van der Waals surface area contributed by atoms with Gasteiger partial charge in [0.05, 0.1) is 27.5 Å². The fourth-order valence-electron chi connectivity index (χ4n) is 3.78. The average molecular weight is 460 g/mol. The minimum Gasteiger partial charge on any atom is -0.494 e. The Morgan fingerprint density at radius 3 is 2.27 bits per heavy atom. The first-order chi connectivity index (χ1) is 15.8. The van der Waals surface area contributed by atoms with E-state index in [0.29, 0.717) is 28.8 Å².